The summed E-state index contributed by atoms with van der Waals surface area (Å²) in [5.41, 5.74) is 0. The molecule has 0 atom stereocenters. The Kier molecular flexibility index (Phi) is 5.97. The van der Waals surface area contributed by atoms with Gasteiger partial charge < -0.3 is 4.98 Å². The lowest BCUT2D eigenvalue weighted by atomic mass is 10.7. The first kappa shape index (κ1) is 9.74. The Morgan fingerprint density at radius 1 is 1.11 bits per heavy atom. The maximum atomic E-state index is 2.98. The highest BCUT2D eigenvalue weighted by Crippen LogP contribution is 2.11. The van der Waals surface area contributed by atoms with Crippen LogP contribution in [0.2, 0.25) is 0 Å². The first-order valence-electron chi connectivity index (χ1n) is 2.78. The van der Waals surface area contributed by atoms with E-state index >= 15 is 0 Å². The van der Waals surface area contributed by atoms with Gasteiger partial charge in [0.25, 0.3) is 0 Å². The molecule has 0 aliphatic carbocycles. The number of nitrogens with one attached hydrogen (secondary N) is 1. The fourth-order valence-corrected chi connectivity index (χ4v) is 0.997. The summed E-state index contributed by atoms with van der Waals surface area (Å²) >= 11 is 4.56. The first-order valence-corrected chi connectivity index (χ1v) is 4.94. The van der Waals surface area contributed by atoms with Crippen LogP contribution in [-0.4, -0.2) is 4.98 Å². The molecule has 0 spiro atoms. The van der Waals surface area contributed by atoms with Crippen LogP contribution in [0.3, 0.4) is 0 Å². The van der Waals surface area contributed by atoms with Gasteiger partial charge in [0.05, 0.1) is 0 Å². The van der Waals surface area contributed by atoms with E-state index in [0.29, 0.717) is 0 Å². The van der Waals surface area contributed by atoms with Crippen LogP contribution >= 0.6 is 45.2 Å². The van der Waals surface area contributed by atoms with Crippen LogP contribution in [0.25, 0.3) is 0 Å². The van der Waals surface area contributed by atoms with Crippen LogP contribution in [-0.2, 0) is 0 Å². The van der Waals surface area contributed by atoms with Gasteiger partial charge in [-0.1, -0.05) is 13.8 Å². The molecule has 1 nitrogen and oxygen atoms in total. The molecule has 1 heterocycles. The molecular formula is C6H9I2N. The predicted octanol–water partition coefficient (Wildman–Crippen LogP) is 3.25. The Labute approximate surface area is 82.9 Å². The molecule has 1 N–H and O–H groups in total. The molecule has 1 aromatic rings. The topological polar surface area (TPSA) is 15.8 Å². The van der Waals surface area contributed by atoms with Gasteiger partial charge in [-0.2, -0.15) is 0 Å². The molecule has 0 aromatic carbocycles. The number of aromatic nitrogens is 1. The standard InChI is InChI=1S/C4H3I2N.C2H6/c5-3-1-7-2-4(3)6;1-2/h1-2,7H;1-2H3. The largest absolute Gasteiger partial charge is 0.366 e. The molecule has 0 amide bonds. The predicted molar refractivity (Wildman–Crippen MR) is 57.6 cm³/mol. The maximum absolute atomic E-state index is 2.98. The zero-order valence-corrected chi connectivity index (χ0v) is 9.73. The van der Waals surface area contributed by atoms with Crippen molar-refractivity contribution >= 4 is 45.2 Å². The third kappa shape index (κ3) is 3.44. The van der Waals surface area contributed by atoms with Crippen molar-refractivity contribution in [3.8, 4) is 0 Å². The highest BCUT2D eigenvalue weighted by Gasteiger charge is 1.90. The normalized spacial score (nSPS) is 8.00. The average Bonchev–Trinajstić information content (AvgIpc) is 2.23. The SMILES string of the molecule is CC.Ic1c[nH]cc1I. The molecule has 1 aromatic heterocycles. The van der Waals surface area contributed by atoms with E-state index in [4.69, 9.17) is 0 Å². The summed E-state index contributed by atoms with van der Waals surface area (Å²) in [6, 6.07) is 0. The smallest absolute Gasteiger partial charge is 0.0438 e. The fraction of sp³-hybridized carbons (Fsp3) is 0.333. The van der Waals surface area contributed by atoms with Crippen LogP contribution in [0.4, 0.5) is 0 Å². The first-order chi connectivity index (χ1) is 4.30. The van der Waals surface area contributed by atoms with Crippen molar-refractivity contribution in [2.75, 3.05) is 0 Å². The summed E-state index contributed by atoms with van der Waals surface area (Å²) in [5.74, 6) is 0. The van der Waals surface area contributed by atoms with Gasteiger partial charge in [-0.3, -0.25) is 0 Å². The zero-order valence-electron chi connectivity index (χ0n) is 5.41. The van der Waals surface area contributed by atoms with Gasteiger partial charge in [0.1, 0.15) is 0 Å². The quantitative estimate of drug-likeness (QED) is 0.693. The van der Waals surface area contributed by atoms with Crippen molar-refractivity contribution in [1.82, 2.24) is 4.98 Å². The molecule has 0 saturated carbocycles. The van der Waals surface area contributed by atoms with Crippen molar-refractivity contribution < 1.29 is 0 Å². The summed E-state index contributed by atoms with van der Waals surface area (Å²) in [4.78, 5) is 2.98. The van der Waals surface area contributed by atoms with Gasteiger partial charge in [-0.25, -0.2) is 0 Å². The number of H-pyrrole nitrogens is 1. The molecule has 0 aliphatic heterocycles. The van der Waals surface area contributed by atoms with Crippen LogP contribution < -0.4 is 0 Å². The zero-order chi connectivity index (χ0) is 7.28. The number of aromatic amines is 1. The van der Waals surface area contributed by atoms with Crippen molar-refractivity contribution in [3.05, 3.63) is 19.5 Å². The van der Waals surface area contributed by atoms with Gasteiger partial charge >= 0.3 is 0 Å². The van der Waals surface area contributed by atoms with Crippen molar-refractivity contribution in [2.45, 2.75) is 13.8 Å². The second-order valence-electron chi connectivity index (χ2n) is 1.15. The number of halogens is 2. The molecule has 0 saturated heterocycles. The van der Waals surface area contributed by atoms with E-state index in [9.17, 15) is 0 Å². The maximum Gasteiger partial charge on any atom is 0.0438 e. The van der Waals surface area contributed by atoms with E-state index in [1.54, 1.807) is 0 Å². The molecule has 1 rings (SSSR count). The highest BCUT2D eigenvalue weighted by atomic mass is 127. The lowest BCUT2D eigenvalue weighted by molar-refractivity contribution is 1.41. The summed E-state index contributed by atoms with van der Waals surface area (Å²) in [5, 5.41) is 0. The van der Waals surface area contributed by atoms with Gasteiger partial charge in [-0.15, -0.1) is 0 Å². The van der Waals surface area contributed by atoms with Gasteiger partial charge in [-0.05, 0) is 45.2 Å². The van der Waals surface area contributed by atoms with Gasteiger partial charge in [0.15, 0.2) is 0 Å². The lowest BCUT2D eigenvalue weighted by Crippen LogP contribution is -1.60. The summed E-state index contributed by atoms with van der Waals surface area (Å²) in [6.07, 6.45) is 3.95. The summed E-state index contributed by atoms with van der Waals surface area (Å²) in [7, 11) is 0. The second-order valence-corrected chi connectivity index (χ2v) is 3.48. The third-order valence-electron chi connectivity index (χ3n) is 0.648. The van der Waals surface area contributed by atoms with E-state index in [1.807, 2.05) is 26.2 Å². The lowest BCUT2D eigenvalue weighted by Gasteiger charge is -1.74. The number of hydrogen-bond acceptors (Lipinski definition) is 0. The highest BCUT2D eigenvalue weighted by molar-refractivity contribution is 14.1. The van der Waals surface area contributed by atoms with E-state index in [2.05, 4.69) is 50.2 Å². The van der Waals surface area contributed by atoms with E-state index < -0.39 is 0 Å². The van der Waals surface area contributed by atoms with Gasteiger partial charge in [0, 0.05) is 19.5 Å². The molecule has 0 bridgehead atoms. The van der Waals surface area contributed by atoms with E-state index in [0.717, 1.165) is 0 Å². The van der Waals surface area contributed by atoms with Crippen LogP contribution in [0, 0.1) is 7.14 Å². The molecule has 52 valence electrons. The molecule has 0 fully saturated rings. The Balaban J connectivity index is 0.000000291. The minimum atomic E-state index is 1.29. The fourth-order valence-electron chi connectivity index (χ4n) is 0.326. The Morgan fingerprint density at radius 2 is 1.44 bits per heavy atom. The minimum Gasteiger partial charge on any atom is -0.366 e. The monoisotopic (exact) mass is 349 g/mol. The molecule has 0 radical (unpaired) electrons. The van der Waals surface area contributed by atoms with Crippen molar-refractivity contribution in [3.63, 3.8) is 0 Å². The minimum absolute atomic E-state index is 1.29. The molecule has 3 heteroatoms. The Bertz CT molecular complexity index is 143. The average molecular weight is 349 g/mol. The van der Waals surface area contributed by atoms with Crippen molar-refractivity contribution in [1.29, 1.82) is 0 Å². The number of rotatable bonds is 0. The van der Waals surface area contributed by atoms with E-state index in [1.165, 1.54) is 7.14 Å². The van der Waals surface area contributed by atoms with Crippen LogP contribution in [0.1, 0.15) is 13.8 Å². The second kappa shape index (κ2) is 5.52. The molecular weight excluding hydrogens is 340 g/mol. The summed E-state index contributed by atoms with van der Waals surface area (Å²) < 4.78 is 2.58. The Hall–Kier alpha value is 0.740. The molecule has 9 heavy (non-hydrogen) atoms. The van der Waals surface area contributed by atoms with Crippen LogP contribution in [0.15, 0.2) is 12.4 Å². The van der Waals surface area contributed by atoms with Crippen molar-refractivity contribution in [2.24, 2.45) is 0 Å². The molecule has 0 unspecified atom stereocenters. The van der Waals surface area contributed by atoms with Crippen LogP contribution in [0.5, 0.6) is 0 Å². The van der Waals surface area contributed by atoms with E-state index in [-0.39, 0.29) is 0 Å². The third-order valence-corrected chi connectivity index (χ3v) is 3.47. The molecule has 0 aliphatic rings. The summed E-state index contributed by atoms with van der Waals surface area (Å²) in [6.45, 7) is 4.00. The Morgan fingerprint density at radius 3 is 1.56 bits per heavy atom. The van der Waals surface area contributed by atoms with Gasteiger partial charge in [0.2, 0.25) is 0 Å². The number of hydrogen-bond donors (Lipinski definition) is 1.